The number of hydrogen-bond donors (Lipinski definition) is 2. The molecule has 21 heavy (non-hydrogen) atoms. The Balaban J connectivity index is 1.50. The third-order valence-electron chi connectivity index (χ3n) is 4.19. The Morgan fingerprint density at radius 2 is 2.00 bits per heavy atom. The maximum atomic E-state index is 12.3. The molecule has 2 aliphatic rings. The van der Waals surface area contributed by atoms with Crippen molar-refractivity contribution in [1.29, 1.82) is 0 Å². The van der Waals surface area contributed by atoms with Crippen molar-refractivity contribution >= 4 is 11.8 Å². The summed E-state index contributed by atoms with van der Waals surface area (Å²) in [6.45, 7) is 2.26. The highest BCUT2D eigenvalue weighted by atomic mass is 16.5. The van der Waals surface area contributed by atoms with Crippen molar-refractivity contribution in [3.05, 3.63) is 23.5 Å². The lowest BCUT2D eigenvalue weighted by Crippen LogP contribution is -2.41. The fraction of sp³-hybridized carbons (Fsp3) is 0.600. The number of nitrogens with zero attached hydrogens (tertiary/aromatic N) is 1. The summed E-state index contributed by atoms with van der Waals surface area (Å²) >= 11 is 0. The van der Waals surface area contributed by atoms with Gasteiger partial charge in [0.25, 0.3) is 5.91 Å². The van der Waals surface area contributed by atoms with E-state index in [-0.39, 0.29) is 12.0 Å². The summed E-state index contributed by atoms with van der Waals surface area (Å²) in [6.07, 6.45) is 6.10. The maximum Gasteiger partial charge on any atom is 0.270 e. The molecular formula is C15H21N3O3. The van der Waals surface area contributed by atoms with E-state index in [4.69, 9.17) is 10.5 Å². The van der Waals surface area contributed by atoms with Gasteiger partial charge in [-0.15, -0.1) is 0 Å². The molecule has 0 aromatic carbocycles. The molecule has 2 amide bonds. The average molecular weight is 291 g/mol. The van der Waals surface area contributed by atoms with Crippen LogP contribution >= 0.6 is 0 Å². The second-order valence-electron chi connectivity index (χ2n) is 5.93. The van der Waals surface area contributed by atoms with Crippen LogP contribution in [0.4, 0.5) is 0 Å². The first-order chi connectivity index (χ1) is 10.1. The zero-order chi connectivity index (χ0) is 14.8. The number of ether oxygens (including phenoxy) is 1. The van der Waals surface area contributed by atoms with E-state index in [2.05, 4.69) is 4.98 Å². The Morgan fingerprint density at radius 3 is 2.57 bits per heavy atom. The van der Waals surface area contributed by atoms with Gasteiger partial charge in [0.1, 0.15) is 5.69 Å². The van der Waals surface area contributed by atoms with Crippen molar-refractivity contribution in [3.63, 3.8) is 0 Å². The van der Waals surface area contributed by atoms with Crippen molar-refractivity contribution in [1.82, 2.24) is 9.88 Å². The predicted molar refractivity (Wildman–Crippen MR) is 76.9 cm³/mol. The summed E-state index contributed by atoms with van der Waals surface area (Å²) in [7, 11) is 0. The minimum absolute atomic E-state index is 0.0804. The molecule has 3 N–H and O–H groups in total. The number of piperidine rings is 1. The average Bonchev–Trinajstić information content (AvgIpc) is 3.18. The van der Waals surface area contributed by atoms with Gasteiger partial charge in [-0.3, -0.25) is 9.59 Å². The van der Waals surface area contributed by atoms with Gasteiger partial charge in [-0.05, 0) is 37.7 Å². The Bertz CT molecular complexity index is 528. The fourth-order valence-corrected chi connectivity index (χ4v) is 2.61. The number of rotatable bonds is 5. The van der Waals surface area contributed by atoms with Crippen molar-refractivity contribution < 1.29 is 14.3 Å². The van der Waals surface area contributed by atoms with E-state index in [9.17, 15) is 9.59 Å². The van der Waals surface area contributed by atoms with Gasteiger partial charge in [-0.1, -0.05) is 0 Å². The van der Waals surface area contributed by atoms with Gasteiger partial charge < -0.3 is 20.4 Å². The number of aromatic amines is 1. The summed E-state index contributed by atoms with van der Waals surface area (Å²) in [5, 5.41) is 0. The third kappa shape index (κ3) is 3.44. The van der Waals surface area contributed by atoms with Crippen LogP contribution in [0.1, 0.15) is 46.5 Å². The van der Waals surface area contributed by atoms with Crippen LogP contribution in [0.3, 0.4) is 0 Å². The van der Waals surface area contributed by atoms with E-state index in [1.807, 2.05) is 0 Å². The van der Waals surface area contributed by atoms with Crippen LogP contribution in [0.15, 0.2) is 12.3 Å². The molecule has 1 aliphatic carbocycles. The quantitative estimate of drug-likeness (QED) is 0.852. The van der Waals surface area contributed by atoms with Crippen LogP contribution in [-0.2, 0) is 4.74 Å². The number of H-pyrrole nitrogens is 1. The number of nitrogens with two attached hydrogens (primary N) is 1. The Labute approximate surface area is 123 Å². The van der Waals surface area contributed by atoms with Crippen LogP contribution in [0, 0.1) is 5.92 Å². The Morgan fingerprint density at radius 1 is 1.29 bits per heavy atom. The molecule has 1 aromatic heterocycles. The van der Waals surface area contributed by atoms with E-state index < -0.39 is 5.91 Å². The number of nitrogens with one attached hydrogen (secondary N) is 1. The van der Waals surface area contributed by atoms with Crippen molar-refractivity contribution in [2.24, 2.45) is 11.7 Å². The lowest BCUT2D eigenvalue weighted by atomic mass is 10.1. The summed E-state index contributed by atoms with van der Waals surface area (Å²) < 4.78 is 5.87. The maximum absolute atomic E-state index is 12.3. The molecule has 114 valence electrons. The number of carbonyl (C=O) groups excluding carboxylic acids is 2. The normalized spacial score (nSPS) is 19.7. The predicted octanol–water partition coefficient (Wildman–Crippen LogP) is 1.14. The molecule has 0 spiro atoms. The minimum atomic E-state index is -0.530. The second-order valence-corrected chi connectivity index (χ2v) is 5.93. The van der Waals surface area contributed by atoms with E-state index in [1.165, 1.54) is 25.1 Å². The fourth-order valence-electron chi connectivity index (χ4n) is 2.61. The van der Waals surface area contributed by atoms with Crippen LogP contribution in [0.25, 0.3) is 0 Å². The van der Waals surface area contributed by atoms with Crippen molar-refractivity contribution in [3.8, 4) is 0 Å². The Kier molecular flexibility index (Phi) is 3.96. The van der Waals surface area contributed by atoms with Crippen LogP contribution in [0.2, 0.25) is 0 Å². The van der Waals surface area contributed by atoms with Gasteiger partial charge >= 0.3 is 0 Å². The molecule has 1 saturated carbocycles. The molecule has 1 aromatic rings. The highest BCUT2D eigenvalue weighted by Crippen LogP contribution is 2.30. The van der Waals surface area contributed by atoms with Crippen molar-refractivity contribution in [2.45, 2.75) is 31.8 Å². The zero-order valence-corrected chi connectivity index (χ0v) is 12.0. The molecule has 0 atom stereocenters. The molecule has 6 heteroatoms. The third-order valence-corrected chi connectivity index (χ3v) is 4.19. The first-order valence-electron chi connectivity index (χ1n) is 7.52. The summed E-state index contributed by atoms with van der Waals surface area (Å²) in [6, 6.07) is 1.51. The number of hydrogen-bond acceptors (Lipinski definition) is 3. The molecule has 2 heterocycles. The summed E-state index contributed by atoms with van der Waals surface area (Å²) in [5.41, 5.74) is 5.94. The van der Waals surface area contributed by atoms with Gasteiger partial charge in [-0.25, -0.2) is 0 Å². The lowest BCUT2D eigenvalue weighted by Gasteiger charge is -2.31. The summed E-state index contributed by atoms with van der Waals surface area (Å²) in [4.78, 5) is 28.0. The van der Waals surface area contributed by atoms with Crippen LogP contribution in [-0.4, -0.2) is 47.5 Å². The molecule has 1 aliphatic heterocycles. The minimum Gasteiger partial charge on any atom is -0.378 e. The van der Waals surface area contributed by atoms with Gasteiger partial charge in [0.15, 0.2) is 0 Å². The standard InChI is InChI=1S/C15H21N3O3/c16-14(19)11-7-13(17-8-11)15(20)18-5-3-12(4-6-18)21-9-10-1-2-10/h7-8,10,12,17H,1-6,9H2,(H2,16,19). The van der Waals surface area contributed by atoms with Gasteiger partial charge in [0.2, 0.25) is 5.91 Å². The SMILES string of the molecule is NC(=O)c1c[nH]c(C(=O)N2CCC(OCC3CC3)CC2)c1. The number of aromatic nitrogens is 1. The smallest absolute Gasteiger partial charge is 0.270 e. The first kappa shape index (κ1) is 14.1. The molecule has 0 bridgehead atoms. The molecule has 0 unspecified atom stereocenters. The molecule has 6 nitrogen and oxygen atoms in total. The van der Waals surface area contributed by atoms with E-state index >= 15 is 0 Å². The molecule has 3 rings (SSSR count). The topological polar surface area (TPSA) is 88.4 Å². The zero-order valence-electron chi connectivity index (χ0n) is 12.0. The number of carbonyl (C=O) groups is 2. The molecular weight excluding hydrogens is 270 g/mol. The Hall–Kier alpha value is -1.82. The van der Waals surface area contributed by atoms with E-state index in [1.54, 1.807) is 4.90 Å². The number of likely N-dealkylation sites (tertiary alicyclic amines) is 1. The van der Waals surface area contributed by atoms with E-state index in [0.717, 1.165) is 25.4 Å². The van der Waals surface area contributed by atoms with Crippen LogP contribution < -0.4 is 5.73 Å². The molecule has 2 fully saturated rings. The first-order valence-corrected chi connectivity index (χ1v) is 7.52. The van der Waals surface area contributed by atoms with Crippen molar-refractivity contribution in [2.75, 3.05) is 19.7 Å². The number of primary amides is 1. The number of amides is 2. The monoisotopic (exact) mass is 291 g/mol. The second kappa shape index (κ2) is 5.89. The highest BCUT2D eigenvalue weighted by molar-refractivity contribution is 5.98. The lowest BCUT2D eigenvalue weighted by molar-refractivity contribution is 0.00399. The van der Waals surface area contributed by atoms with Gasteiger partial charge in [0.05, 0.1) is 11.7 Å². The highest BCUT2D eigenvalue weighted by Gasteiger charge is 2.27. The summed E-state index contributed by atoms with van der Waals surface area (Å²) in [5.74, 6) is 0.163. The van der Waals surface area contributed by atoms with Crippen LogP contribution in [0.5, 0.6) is 0 Å². The van der Waals surface area contributed by atoms with E-state index in [0.29, 0.717) is 24.3 Å². The molecule has 0 radical (unpaired) electrons. The molecule has 1 saturated heterocycles. The van der Waals surface area contributed by atoms with Gasteiger partial charge in [0, 0.05) is 25.9 Å². The van der Waals surface area contributed by atoms with Gasteiger partial charge in [-0.2, -0.15) is 0 Å². The largest absolute Gasteiger partial charge is 0.378 e.